The lowest BCUT2D eigenvalue weighted by Crippen LogP contribution is -2.08. The van der Waals surface area contributed by atoms with Crippen LogP contribution in [0.25, 0.3) is 0 Å². The first-order valence-electron chi connectivity index (χ1n) is 5.51. The van der Waals surface area contributed by atoms with Gasteiger partial charge in [-0.2, -0.15) is 0 Å². The summed E-state index contributed by atoms with van der Waals surface area (Å²) in [4.78, 5) is 1.31. The quantitative estimate of drug-likeness (QED) is 0.801. The van der Waals surface area contributed by atoms with E-state index in [1.54, 1.807) is 11.3 Å². The summed E-state index contributed by atoms with van der Waals surface area (Å²) in [6.07, 6.45) is 0. The van der Waals surface area contributed by atoms with Crippen molar-refractivity contribution in [1.82, 2.24) is 0 Å². The van der Waals surface area contributed by atoms with Gasteiger partial charge in [-0.15, -0.1) is 23.1 Å². The molecule has 0 saturated heterocycles. The van der Waals surface area contributed by atoms with Gasteiger partial charge >= 0.3 is 0 Å². The molecule has 1 aromatic carbocycles. The molecule has 0 radical (unpaired) electrons. The van der Waals surface area contributed by atoms with E-state index in [-0.39, 0.29) is 0 Å². The van der Waals surface area contributed by atoms with Crippen LogP contribution in [0.3, 0.4) is 0 Å². The summed E-state index contributed by atoms with van der Waals surface area (Å²) in [5.41, 5.74) is 7.02. The molecule has 0 aliphatic rings. The molecule has 0 bridgehead atoms. The molecule has 1 unspecified atom stereocenters. The van der Waals surface area contributed by atoms with Crippen molar-refractivity contribution in [3.8, 4) is 0 Å². The average Bonchev–Trinajstić information content (AvgIpc) is 2.79. The van der Waals surface area contributed by atoms with Crippen molar-refractivity contribution in [2.75, 3.05) is 6.54 Å². The summed E-state index contributed by atoms with van der Waals surface area (Å²) >= 11 is 13.2. The number of rotatable bonds is 5. The van der Waals surface area contributed by atoms with Crippen LogP contribution in [-0.2, 0) is 5.75 Å². The van der Waals surface area contributed by atoms with Crippen LogP contribution in [0, 0.1) is 0 Å². The second kappa shape index (κ2) is 6.96. The van der Waals surface area contributed by atoms with Crippen molar-refractivity contribution >= 4 is 50.6 Å². The van der Waals surface area contributed by atoms with Crippen LogP contribution in [0.4, 0.5) is 0 Å². The zero-order chi connectivity index (χ0) is 13.0. The summed E-state index contributed by atoms with van der Waals surface area (Å²) in [6, 6.07) is 12.2. The number of thioether (sulfide) groups is 1. The van der Waals surface area contributed by atoms with Gasteiger partial charge in [0.05, 0.1) is 9.04 Å². The Labute approximate surface area is 129 Å². The van der Waals surface area contributed by atoms with Crippen molar-refractivity contribution in [1.29, 1.82) is 0 Å². The third kappa shape index (κ3) is 3.75. The molecule has 0 saturated carbocycles. The maximum atomic E-state index is 6.15. The highest BCUT2D eigenvalue weighted by Gasteiger charge is 2.13. The standard InChI is InChI=1S/C13H13BrClNS2/c14-13-6-5-11(18-13)12(7-16)17-8-9-3-1-2-4-10(9)15/h1-6,12H,7-8,16H2. The predicted molar refractivity (Wildman–Crippen MR) is 86.6 cm³/mol. The number of halogens is 2. The molecule has 1 nitrogen and oxygen atoms in total. The maximum absolute atomic E-state index is 6.15. The van der Waals surface area contributed by atoms with Crippen molar-refractivity contribution in [3.05, 3.63) is 55.6 Å². The maximum Gasteiger partial charge on any atom is 0.0701 e. The fraction of sp³-hybridized carbons (Fsp3) is 0.231. The first-order chi connectivity index (χ1) is 8.70. The molecule has 0 aliphatic heterocycles. The number of nitrogens with two attached hydrogens (primary N) is 1. The van der Waals surface area contributed by atoms with Gasteiger partial charge < -0.3 is 5.73 Å². The molecule has 2 N–H and O–H groups in total. The minimum atomic E-state index is 0.331. The van der Waals surface area contributed by atoms with Crippen molar-refractivity contribution in [2.45, 2.75) is 11.0 Å². The third-order valence-electron chi connectivity index (χ3n) is 2.52. The molecular formula is C13H13BrClNS2. The third-order valence-corrected chi connectivity index (χ3v) is 6.10. The molecule has 5 heteroatoms. The Bertz CT molecular complexity index is 515. The minimum absolute atomic E-state index is 0.331. The van der Waals surface area contributed by atoms with E-state index in [1.165, 1.54) is 10.4 Å². The summed E-state index contributed by atoms with van der Waals surface area (Å²) in [6.45, 7) is 0.641. The lowest BCUT2D eigenvalue weighted by atomic mass is 10.2. The molecule has 18 heavy (non-hydrogen) atoms. The van der Waals surface area contributed by atoms with Crippen molar-refractivity contribution in [3.63, 3.8) is 0 Å². The van der Waals surface area contributed by atoms with E-state index in [2.05, 4.69) is 34.1 Å². The summed E-state index contributed by atoms with van der Waals surface area (Å²) in [5.74, 6) is 0.886. The Balaban J connectivity index is 2.02. The van der Waals surface area contributed by atoms with Gasteiger partial charge in [0.2, 0.25) is 0 Å². The van der Waals surface area contributed by atoms with E-state index in [9.17, 15) is 0 Å². The zero-order valence-electron chi connectivity index (χ0n) is 9.61. The Morgan fingerprint density at radius 2 is 2.06 bits per heavy atom. The van der Waals surface area contributed by atoms with Crippen LogP contribution >= 0.6 is 50.6 Å². The zero-order valence-corrected chi connectivity index (χ0v) is 13.6. The summed E-state index contributed by atoms with van der Waals surface area (Å²) in [7, 11) is 0. The van der Waals surface area contributed by atoms with Crippen LogP contribution in [-0.4, -0.2) is 6.54 Å². The van der Waals surface area contributed by atoms with Gasteiger partial charge in [0.15, 0.2) is 0 Å². The highest BCUT2D eigenvalue weighted by molar-refractivity contribution is 9.11. The molecule has 0 amide bonds. The van der Waals surface area contributed by atoms with E-state index < -0.39 is 0 Å². The van der Waals surface area contributed by atoms with Crippen LogP contribution in [0.15, 0.2) is 40.2 Å². The van der Waals surface area contributed by atoms with Gasteiger partial charge in [-0.05, 0) is 39.7 Å². The average molecular weight is 363 g/mol. The minimum Gasteiger partial charge on any atom is -0.329 e. The smallest absolute Gasteiger partial charge is 0.0701 e. The molecule has 1 heterocycles. The molecular weight excluding hydrogens is 350 g/mol. The molecule has 2 aromatic rings. The molecule has 1 atom stereocenters. The van der Waals surface area contributed by atoms with Gasteiger partial charge in [0.1, 0.15) is 0 Å². The Hall–Kier alpha value is -0.0000000000000000833. The first-order valence-corrected chi connectivity index (χ1v) is 8.54. The Morgan fingerprint density at radius 3 is 2.67 bits per heavy atom. The summed E-state index contributed by atoms with van der Waals surface area (Å²) < 4.78 is 1.15. The fourth-order valence-electron chi connectivity index (χ4n) is 1.57. The normalized spacial score (nSPS) is 12.6. The monoisotopic (exact) mass is 361 g/mol. The van der Waals surface area contributed by atoms with E-state index in [0.29, 0.717) is 11.8 Å². The van der Waals surface area contributed by atoms with Crippen molar-refractivity contribution in [2.24, 2.45) is 5.73 Å². The Kier molecular flexibility index (Phi) is 5.57. The van der Waals surface area contributed by atoms with E-state index in [0.717, 1.165) is 14.6 Å². The van der Waals surface area contributed by atoms with Gasteiger partial charge in [-0.1, -0.05) is 29.8 Å². The van der Waals surface area contributed by atoms with Gasteiger partial charge in [0.25, 0.3) is 0 Å². The van der Waals surface area contributed by atoms with Crippen LogP contribution < -0.4 is 5.73 Å². The van der Waals surface area contributed by atoms with Crippen molar-refractivity contribution < 1.29 is 0 Å². The Morgan fingerprint density at radius 1 is 1.28 bits per heavy atom. The fourth-order valence-corrected chi connectivity index (χ4v) is 4.63. The van der Waals surface area contributed by atoms with Gasteiger partial charge in [-0.25, -0.2) is 0 Å². The number of hydrogen-bond donors (Lipinski definition) is 1. The molecule has 0 spiro atoms. The number of benzene rings is 1. The highest BCUT2D eigenvalue weighted by atomic mass is 79.9. The van der Waals surface area contributed by atoms with Crippen LogP contribution in [0.1, 0.15) is 15.7 Å². The van der Waals surface area contributed by atoms with Gasteiger partial charge in [0, 0.05) is 22.2 Å². The number of hydrogen-bond acceptors (Lipinski definition) is 3. The second-order valence-electron chi connectivity index (χ2n) is 3.77. The lowest BCUT2D eigenvalue weighted by Gasteiger charge is -2.13. The molecule has 96 valence electrons. The van der Waals surface area contributed by atoms with Crippen LogP contribution in [0.5, 0.6) is 0 Å². The first kappa shape index (κ1) is 14.4. The van der Waals surface area contributed by atoms with Gasteiger partial charge in [-0.3, -0.25) is 0 Å². The predicted octanol–water partition coefficient (Wildman–Crippen LogP) is 5.10. The molecule has 2 rings (SSSR count). The van der Waals surface area contributed by atoms with E-state index in [1.807, 2.05) is 30.0 Å². The highest BCUT2D eigenvalue weighted by Crippen LogP contribution is 2.37. The largest absolute Gasteiger partial charge is 0.329 e. The van der Waals surface area contributed by atoms with Crippen LogP contribution in [0.2, 0.25) is 5.02 Å². The SMILES string of the molecule is NCC(SCc1ccccc1Cl)c1ccc(Br)s1. The molecule has 1 aromatic heterocycles. The van der Waals surface area contributed by atoms with E-state index >= 15 is 0 Å². The molecule has 0 fully saturated rings. The number of thiophene rings is 1. The van der Waals surface area contributed by atoms with E-state index in [4.69, 9.17) is 17.3 Å². The molecule has 0 aliphatic carbocycles. The second-order valence-corrected chi connectivity index (χ2v) is 7.86. The topological polar surface area (TPSA) is 26.0 Å². The summed E-state index contributed by atoms with van der Waals surface area (Å²) in [5, 5.41) is 1.16. The lowest BCUT2D eigenvalue weighted by molar-refractivity contribution is 0.960.